The van der Waals surface area contributed by atoms with Crippen LogP contribution in [-0.2, 0) is 25.8 Å². The van der Waals surface area contributed by atoms with E-state index in [2.05, 4.69) is 37.1 Å². The van der Waals surface area contributed by atoms with Crippen molar-refractivity contribution in [3.63, 3.8) is 0 Å². The number of hydrogen-bond acceptors (Lipinski definition) is 11. The van der Waals surface area contributed by atoms with E-state index in [1.54, 1.807) is 12.1 Å². The van der Waals surface area contributed by atoms with Crippen LogP contribution in [0.15, 0.2) is 47.5 Å². The van der Waals surface area contributed by atoms with Crippen molar-refractivity contribution < 1.29 is 49.5 Å². The van der Waals surface area contributed by atoms with Gasteiger partial charge < -0.3 is 20.2 Å². The number of rotatable bonds is 10. The summed E-state index contributed by atoms with van der Waals surface area (Å²) in [5.41, 5.74) is -1.94. The number of β-amino-alcohol motifs (C(OH)–C–C–N with tert-alkyl or cyclic N) is 1. The van der Waals surface area contributed by atoms with E-state index < -0.39 is 73.8 Å². The highest BCUT2D eigenvalue weighted by atomic mass is 32.2. The quantitative estimate of drug-likeness (QED) is 0.153. The molecule has 1 aromatic heterocycles. The number of amides is 2. The first-order valence-electron chi connectivity index (χ1n) is 19.9. The summed E-state index contributed by atoms with van der Waals surface area (Å²) in [5, 5.41) is 15.3. The van der Waals surface area contributed by atoms with Gasteiger partial charge in [-0.3, -0.25) is 19.8 Å². The Kier molecular flexibility index (Phi) is 12.1. The fourth-order valence-corrected chi connectivity index (χ4v) is 9.97. The van der Waals surface area contributed by atoms with Crippen molar-refractivity contribution in [1.29, 1.82) is 0 Å². The third kappa shape index (κ3) is 9.81. The van der Waals surface area contributed by atoms with Crippen molar-refractivity contribution in [2.24, 2.45) is 5.41 Å². The fourth-order valence-electron chi connectivity index (χ4n) is 8.66. The first-order valence-corrected chi connectivity index (χ1v) is 21.4. The molecule has 4 aliphatic heterocycles. The molecule has 7 rings (SSSR count). The van der Waals surface area contributed by atoms with Crippen molar-refractivity contribution in [3.8, 4) is 0 Å². The lowest BCUT2D eigenvalue weighted by Crippen LogP contribution is -2.54. The maximum atomic E-state index is 15.6. The fraction of sp³-hybridized carbons (Fsp3) is 0.550. The lowest BCUT2D eigenvalue weighted by atomic mass is 9.79. The van der Waals surface area contributed by atoms with Gasteiger partial charge >= 0.3 is 6.18 Å². The molecule has 4 atom stereocenters. The minimum Gasteiger partial charge on any atom is -0.388 e. The molecular weight excluding hydrogens is 819 g/mol. The van der Waals surface area contributed by atoms with Crippen molar-refractivity contribution in [2.45, 2.75) is 93.6 Å². The van der Waals surface area contributed by atoms with Gasteiger partial charge in [-0.1, -0.05) is 13.0 Å². The summed E-state index contributed by atoms with van der Waals surface area (Å²) in [7, 11) is -4.39. The topological polar surface area (TPSA) is 160 Å². The molecule has 2 amide bonds. The van der Waals surface area contributed by atoms with Gasteiger partial charge in [-0.25, -0.2) is 31.3 Å². The zero-order chi connectivity index (χ0) is 43.2. The van der Waals surface area contributed by atoms with E-state index in [9.17, 15) is 36.3 Å². The summed E-state index contributed by atoms with van der Waals surface area (Å²) in [4.78, 5) is 36.3. The molecule has 4 saturated heterocycles. The summed E-state index contributed by atoms with van der Waals surface area (Å²) in [5.74, 6) is -4.03. The molecule has 0 aliphatic carbocycles. The van der Waals surface area contributed by atoms with Gasteiger partial charge in [0.2, 0.25) is 27.8 Å². The van der Waals surface area contributed by atoms with Gasteiger partial charge in [0.05, 0.1) is 28.1 Å². The number of carbonyl (C=O) groups is 2. The number of nitrogens with zero attached hydrogens (tertiary/aromatic N) is 5. The number of sulfonamides is 1. The molecule has 0 radical (unpaired) electrons. The first kappa shape index (κ1) is 43.6. The predicted molar refractivity (Wildman–Crippen MR) is 210 cm³/mol. The van der Waals surface area contributed by atoms with Crippen molar-refractivity contribution in [2.75, 3.05) is 60.9 Å². The number of nitrogens with one attached hydrogen (secondary N) is 3. The molecule has 13 nitrogen and oxygen atoms in total. The van der Waals surface area contributed by atoms with E-state index in [0.29, 0.717) is 57.0 Å². The number of hydrogen-bond donors (Lipinski definition) is 4. The number of benzene rings is 2. The monoisotopic (exact) mass is 866 g/mol. The third-order valence-electron chi connectivity index (χ3n) is 12.0. The number of imide groups is 1. The van der Waals surface area contributed by atoms with Gasteiger partial charge in [0, 0.05) is 63.1 Å². The molecule has 4 N–H and O–H groups in total. The van der Waals surface area contributed by atoms with Crippen LogP contribution in [0.3, 0.4) is 0 Å². The summed E-state index contributed by atoms with van der Waals surface area (Å²) in [6.45, 7) is 5.88. The Hall–Kier alpha value is -4.53. The molecule has 4 aliphatic rings. The molecule has 0 spiro atoms. The maximum absolute atomic E-state index is 15.6. The zero-order valence-corrected chi connectivity index (χ0v) is 34.0. The Bertz CT molecular complexity index is 2220. The van der Waals surface area contributed by atoms with Crippen molar-refractivity contribution in [3.05, 3.63) is 65.4 Å². The Morgan fingerprint density at radius 1 is 0.967 bits per heavy atom. The van der Waals surface area contributed by atoms with Gasteiger partial charge in [-0.05, 0) is 87.7 Å². The number of aromatic nitrogens is 2. The van der Waals surface area contributed by atoms with Crippen LogP contribution in [0.2, 0.25) is 0 Å². The minimum atomic E-state index is -4.81. The van der Waals surface area contributed by atoms with Crippen LogP contribution in [0, 0.1) is 17.0 Å². The number of halogens is 6. The van der Waals surface area contributed by atoms with Crippen molar-refractivity contribution >= 4 is 45.0 Å². The van der Waals surface area contributed by atoms with Crippen molar-refractivity contribution in [1.82, 2.24) is 24.9 Å². The molecule has 0 bridgehead atoms. The molecule has 1 unspecified atom stereocenters. The van der Waals surface area contributed by atoms with Gasteiger partial charge in [0.25, 0.3) is 0 Å². The minimum absolute atomic E-state index is 0.0270. The highest BCUT2D eigenvalue weighted by Gasteiger charge is 2.41. The lowest BCUT2D eigenvalue weighted by Gasteiger charge is -2.45. The van der Waals surface area contributed by atoms with Gasteiger partial charge in [0.1, 0.15) is 29.2 Å². The van der Waals surface area contributed by atoms with E-state index in [1.165, 1.54) is 17.9 Å². The average molecular weight is 867 g/mol. The van der Waals surface area contributed by atoms with Gasteiger partial charge in [0.15, 0.2) is 0 Å². The number of anilines is 4. The Morgan fingerprint density at radius 2 is 1.72 bits per heavy atom. The van der Waals surface area contributed by atoms with E-state index in [4.69, 9.17) is 0 Å². The second-order valence-corrected chi connectivity index (χ2v) is 18.7. The number of carbonyl (C=O) groups excluding carboxylic acids is 2. The highest BCUT2D eigenvalue weighted by molar-refractivity contribution is 7.89. The summed E-state index contributed by atoms with van der Waals surface area (Å²) in [6, 6.07) is 6.59. The van der Waals surface area contributed by atoms with Gasteiger partial charge in [-0.2, -0.15) is 18.2 Å². The molecule has 2 aromatic carbocycles. The number of likely N-dealkylation sites (tertiary alicyclic amines) is 1. The Morgan fingerprint density at radius 3 is 2.37 bits per heavy atom. The summed E-state index contributed by atoms with van der Waals surface area (Å²) < 4.78 is 117. The molecule has 5 heterocycles. The smallest absolute Gasteiger partial charge is 0.388 e. The lowest BCUT2D eigenvalue weighted by molar-refractivity contribution is -0.138. The number of aliphatic hydroxyl groups is 1. The molecule has 326 valence electrons. The highest BCUT2D eigenvalue weighted by Crippen LogP contribution is 2.39. The third-order valence-corrected chi connectivity index (χ3v) is 13.5. The number of piperidine rings is 4. The maximum Gasteiger partial charge on any atom is 0.421 e. The van der Waals surface area contributed by atoms with Crippen LogP contribution in [0.5, 0.6) is 0 Å². The van der Waals surface area contributed by atoms with Crippen LogP contribution in [0.1, 0.15) is 75.8 Å². The molecule has 0 saturated carbocycles. The van der Waals surface area contributed by atoms with E-state index in [1.807, 2.05) is 4.90 Å². The summed E-state index contributed by atoms with van der Waals surface area (Å²) >= 11 is 0. The van der Waals surface area contributed by atoms with Crippen LogP contribution in [0.25, 0.3) is 0 Å². The largest absolute Gasteiger partial charge is 0.421 e. The second-order valence-electron chi connectivity index (χ2n) is 17.0. The molecule has 3 aromatic rings. The standard InChI is InChI=1S/C40H48F6N8O5S/c1-38(12-16-53(17-13-38)24-4-6-26(29(41)18-24)27-7-9-34(55)49-36(27)56)22-52-15-10-33(31(43)21-52)51-60(58,59)25-5-8-32(30(42)19-25)48-37-47-20-28(40(44,45)46)35(50-37)54-14-3-11-39(2,57)23-54/h4-6,8,18-20,27,31,33,51,57H,3,7,9-17,21-23H2,1-2H3,(H,47,48,50)(H,49,55,56)/t27?,31-,33+,39-/m0/s1. The first-order chi connectivity index (χ1) is 28.2. The zero-order valence-electron chi connectivity index (χ0n) is 33.2. The SMILES string of the molecule is CC1(CN2CC[C@@H](NS(=O)(=O)c3ccc(Nc4ncc(C(F)(F)F)c(N5CCC[C@](C)(O)C5)n4)c(F)c3)[C@@H](F)C2)CCN(c2ccc(C3CCC(=O)NC3=O)c(F)c2)CC1. The van der Waals surface area contributed by atoms with Crippen LogP contribution < -0.4 is 25.2 Å². The van der Waals surface area contributed by atoms with Gasteiger partial charge in [-0.15, -0.1) is 0 Å². The molecule has 60 heavy (non-hydrogen) atoms. The molecule has 4 fully saturated rings. The van der Waals surface area contributed by atoms with Crippen LogP contribution in [0.4, 0.5) is 49.5 Å². The second kappa shape index (κ2) is 16.7. The average Bonchev–Trinajstić information content (AvgIpc) is 3.16. The summed E-state index contributed by atoms with van der Waals surface area (Å²) in [6.07, 6.45) is -2.97. The van der Waals surface area contributed by atoms with E-state index in [-0.39, 0.29) is 67.4 Å². The predicted octanol–water partition coefficient (Wildman–Crippen LogP) is 5.39. The molecular formula is C40H48F6N8O5S. The van der Waals surface area contributed by atoms with E-state index in [0.717, 1.165) is 25.0 Å². The van der Waals surface area contributed by atoms with Crippen LogP contribution >= 0.6 is 0 Å². The van der Waals surface area contributed by atoms with Crippen LogP contribution in [-0.4, -0.2) is 104 Å². The Labute approximate surface area is 344 Å². The van der Waals surface area contributed by atoms with E-state index >= 15 is 13.2 Å². The molecule has 20 heteroatoms. The Balaban J connectivity index is 0.924. The normalized spacial score (nSPS) is 25.6. The number of alkyl halides is 4.